The molecule has 3 unspecified atom stereocenters. The number of fused-ring (bicyclic) bond motifs is 2. The fraction of sp³-hybridized carbons (Fsp3) is 0.167. The topological polar surface area (TPSA) is 26.3 Å². The molecule has 0 spiro atoms. The summed E-state index contributed by atoms with van der Waals surface area (Å²) in [6, 6.07) is 0. The molecular formula is C12H10IO2P. The zero-order valence-electron chi connectivity index (χ0n) is 8.42. The van der Waals surface area contributed by atoms with Gasteiger partial charge in [-0.15, -0.1) is 0 Å². The quantitative estimate of drug-likeness (QED) is 0.492. The molecule has 0 aromatic carbocycles. The van der Waals surface area contributed by atoms with Crippen LogP contribution in [-0.4, -0.2) is 11.8 Å². The van der Waals surface area contributed by atoms with Crippen LogP contribution >= 0.6 is 27.1 Å². The molecule has 0 aromatic rings. The van der Waals surface area contributed by atoms with Gasteiger partial charge in [0.1, 0.15) is 6.10 Å². The Morgan fingerprint density at radius 3 is 2.56 bits per heavy atom. The van der Waals surface area contributed by atoms with Crippen molar-refractivity contribution in [2.24, 2.45) is 0 Å². The SMILES string of the molecule is O=P1(I)OC2C=CC=CC2=C2C=CC=CC21. The predicted molar refractivity (Wildman–Crippen MR) is 73.9 cm³/mol. The van der Waals surface area contributed by atoms with E-state index in [1.165, 1.54) is 0 Å². The van der Waals surface area contributed by atoms with Crippen LogP contribution in [0.5, 0.6) is 0 Å². The van der Waals surface area contributed by atoms with E-state index in [-0.39, 0.29) is 11.8 Å². The Hall–Kier alpha value is -0.380. The molecule has 0 fully saturated rings. The fourth-order valence-electron chi connectivity index (χ4n) is 2.16. The van der Waals surface area contributed by atoms with Gasteiger partial charge in [0.15, 0.2) is 0 Å². The van der Waals surface area contributed by atoms with Crippen molar-refractivity contribution in [3.05, 3.63) is 59.8 Å². The normalized spacial score (nSPS) is 39.8. The van der Waals surface area contributed by atoms with E-state index in [1.54, 1.807) is 0 Å². The summed E-state index contributed by atoms with van der Waals surface area (Å²) in [6.45, 7) is 0. The number of rotatable bonds is 0. The molecule has 3 rings (SSSR count). The molecule has 3 aliphatic rings. The van der Waals surface area contributed by atoms with Gasteiger partial charge in [0.2, 0.25) is 0 Å². The zero-order chi connectivity index (χ0) is 11.2. The molecule has 2 nitrogen and oxygen atoms in total. The molecule has 1 heterocycles. The van der Waals surface area contributed by atoms with Gasteiger partial charge in [-0.2, -0.15) is 0 Å². The van der Waals surface area contributed by atoms with Gasteiger partial charge >= 0.3 is 0 Å². The Kier molecular flexibility index (Phi) is 2.57. The number of halogens is 1. The number of hydrogen-bond acceptors (Lipinski definition) is 2. The van der Waals surface area contributed by atoms with Crippen LogP contribution < -0.4 is 0 Å². The predicted octanol–water partition coefficient (Wildman–Crippen LogP) is 3.93. The summed E-state index contributed by atoms with van der Waals surface area (Å²) in [5, 5.41) is -2.62. The lowest BCUT2D eigenvalue weighted by Crippen LogP contribution is -2.25. The molecule has 0 N–H and O–H groups in total. The Labute approximate surface area is 107 Å². The van der Waals surface area contributed by atoms with Gasteiger partial charge in [-0.25, -0.2) is 0 Å². The molecular weight excluding hydrogens is 334 g/mol. The van der Waals surface area contributed by atoms with Gasteiger partial charge in [-0.1, -0.05) is 48.6 Å². The average molecular weight is 344 g/mol. The molecule has 0 aromatic heterocycles. The monoisotopic (exact) mass is 344 g/mol. The van der Waals surface area contributed by atoms with Crippen molar-refractivity contribution in [2.75, 3.05) is 0 Å². The van der Waals surface area contributed by atoms with Crippen LogP contribution in [-0.2, 0) is 9.09 Å². The van der Waals surface area contributed by atoms with Gasteiger partial charge in [-0.05, 0) is 11.1 Å². The minimum Gasteiger partial charge on any atom is -0.308 e. The second-order valence-corrected chi connectivity index (χ2v) is 9.73. The average Bonchev–Trinajstić information content (AvgIpc) is 2.29. The Balaban J connectivity index is 2.20. The largest absolute Gasteiger partial charge is 0.308 e. The van der Waals surface area contributed by atoms with Crippen molar-refractivity contribution in [3.63, 3.8) is 0 Å². The van der Waals surface area contributed by atoms with Gasteiger partial charge < -0.3 is 4.52 Å². The van der Waals surface area contributed by atoms with Crippen molar-refractivity contribution < 1.29 is 9.09 Å². The van der Waals surface area contributed by atoms with Crippen LogP contribution in [0, 0.1) is 0 Å². The van der Waals surface area contributed by atoms with E-state index in [9.17, 15) is 4.57 Å². The maximum Gasteiger partial charge on any atom is 0.271 e. The van der Waals surface area contributed by atoms with Gasteiger partial charge in [0, 0.05) is 22.0 Å². The maximum atomic E-state index is 12.4. The van der Waals surface area contributed by atoms with Crippen LogP contribution in [0.4, 0.5) is 0 Å². The standard InChI is InChI=1S/C12H10IO2P/c13-16(14)12-8-4-2-6-10(12)9-5-1-3-7-11(9)15-16/h1-8,11-12H. The fourth-order valence-corrected chi connectivity index (χ4v) is 5.85. The highest BCUT2D eigenvalue weighted by molar-refractivity contribution is 14.2. The first-order valence-corrected chi connectivity index (χ1v) is 9.58. The van der Waals surface area contributed by atoms with Crippen LogP contribution in [0.2, 0.25) is 0 Å². The molecule has 1 aliphatic heterocycles. The maximum absolute atomic E-state index is 12.4. The second kappa shape index (κ2) is 3.83. The van der Waals surface area contributed by atoms with E-state index >= 15 is 0 Å². The van der Waals surface area contributed by atoms with Crippen molar-refractivity contribution in [3.8, 4) is 0 Å². The van der Waals surface area contributed by atoms with E-state index in [2.05, 4.69) is 0 Å². The third-order valence-corrected chi connectivity index (χ3v) is 7.01. The highest BCUT2D eigenvalue weighted by Crippen LogP contribution is 2.67. The third-order valence-electron chi connectivity index (χ3n) is 2.90. The molecule has 2 aliphatic carbocycles. The van der Waals surface area contributed by atoms with E-state index in [0.717, 1.165) is 11.1 Å². The lowest BCUT2D eigenvalue weighted by atomic mass is 9.94. The summed E-state index contributed by atoms with van der Waals surface area (Å²) in [6.07, 6.45) is 15.7. The molecule has 16 heavy (non-hydrogen) atoms. The van der Waals surface area contributed by atoms with Crippen LogP contribution in [0.25, 0.3) is 0 Å². The Morgan fingerprint density at radius 2 is 1.75 bits per heavy atom. The summed E-state index contributed by atoms with van der Waals surface area (Å²) >= 11 is 1.97. The van der Waals surface area contributed by atoms with E-state index in [1.807, 2.05) is 70.6 Å². The number of hydrogen-bond donors (Lipinski definition) is 0. The van der Waals surface area contributed by atoms with Crippen LogP contribution in [0.1, 0.15) is 0 Å². The van der Waals surface area contributed by atoms with Crippen LogP contribution in [0.15, 0.2) is 59.8 Å². The first-order valence-electron chi connectivity index (χ1n) is 5.10. The minimum absolute atomic E-state index is 0.0829. The molecule has 0 saturated carbocycles. The van der Waals surface area contributed by atoms with E-state index in [0.29, 0.717) is 0 Å². The molecule has 0 bridgehead atoms. The minimum atomic E-state index is -2.62. The molecule has 3 atom stereocenters. The summed E-state index contributed by atoms with van der Waals surface area (Å²) < 4.78 is 18.1. The molecule has 82 valence electrons. The summed E-state index contributed by atoms with van der Waals surface area (Å²) in [5.74, 6) is 0. The summed E-state index contributed by atoms with van der Waals surface area (Å²) in [4.78, 5) is 0. The molecule has 0 radical (unpaired) electrons. The lowest BCUT2D eigenvalue weighted by molar-refractivity contribution is 0.288. The molecule has 0 saturated heterocycles. The Morgan fingerprint density at radius 1 is 1.06 bits per heavy atom. The molecule has 4 heteroatoms. The lowest BCUT2D eigenvalue weighted by Gasteiger charge is -2.34. The third kappa shape index (κ3) is 1.62. The van der Waals surface area contributed by atoms with Crippen molar-refractivity contribution in [1.82, 2.24) is 0 Å². The molecule has 0 amide bonds. The van der Waals surface area contributed by atoms with Crippen LogP contribution in [0.3, 0.4) is 0 Å². The summed E-state index contributed by atoms with van der Waals surface area (Å²) in [5.41, 5.74) is 2.19. The van der Waals surface area contributed by atoms with E-state index in [4.69, 9.17) is 4.52 Å². The van der Waals surface area contributed by atoms with Gasteiger partial charge in [0.25, 0.3) is 5.01 Å². The second-order valence-electron chi connectivity index (χ2n) is 3.89. The van der Waals surface area contributed by atoms with Gasteiger partial charge in [0.05, 0.1) is 5.66 Å². The highest BCUT2D eigenvalue weighted by Gasteiger charge is 2.41. The van der Waals surface area contributed by atoms with Gasteiger partial charge in [-0.3, -0.25) is 4.57 Å². The highest BCUT2D eigenvalue weighted by atomic mass is 127. The first-order chi connectivity index (χ1) is 7.68. The van der Waals surface area contributed by atoms with E-state index < -0.39 is 5.01 Å². The smallest absolute Gasteiger partial charge is 0.271 e. The Bertz CT molecular complexity index is 525. The number of allylic oxidation sites excluding steroid dienone is 7. The van der Waals surface area contributed by atoms with Crippen molar-refractivity contribution >= 4 is 27.1 Å². The van der Waals surface area contributed by atoms with Crippen molar-refractivity contribution in [1.29, 1.82) is 0 Å². The first kappa shape index (κ1) is 10.8. The summed E-state index contributed by atoms with van der Waals surface area (Å²) in [7, 11) is 0. The zero-order valence-corrected chi connectivity index (χ0v) is 11.5. The van der Waals surface area contributed by atoms with Crippen molar-refractivity contribution in [2.45, 2.75) is 11.8 Å².